The van der Waals surface area contributed by atoms with Gasteiger partial charge in [-0.2, -0.15) is 0 Å². The molecule has 2 nitrogen and oxygen atoms in total. The second kappa shape index (κ2) is 4.99. The minimum absolute atomic E-state index is 0.724. The van der Waals surface area contributed by atoms with Gasteiger partial charge in [0.25, 0.3) is 0 Å². The zero-order valence-electron chi connectivity index (χ0n) is 9.07. The largest absolute Gasteiger partial charge is 0.379 e. The lowest BCUT2D eigenvalue weighted by atomic mass is 10.2. The maximum absolute atomic E-state index is 5.81. The van der Waals surface area contributed by atoms with Gasteiger partial charge in [-0.25, -0.2) is 0 Å². The van der Waals surface area contributed by atoms with Gasteiger partial charge < -0.3 is 5.32 Å². The van der Waals surface area contributed by atoms with Crippen molar-refractivity contribution < 1.29 is 0 Å². The molecule has 16 heavy (non-hydrogen) atoms. The number of benzene rings is 1. The first-order valence-corrected chi connectivity index (χ1v) is 5.53. The van der Waals surface area contributed by atoms with E-state index in [1.807, 2.05) is 43.5 Å². The van der Waals surface area contributed by atoms with Crippen molar-refractivity contribution in [2.24, 2.45) is 0 Å². The highest BCUT2D eigenvalue weighted by molar-refractivity contribution is 6.30. The molecule has 0 amide bonds. The van der Waals surface area contributed by atoms with Crippen LogP contribution in [0.4, 0.5) is 5.69 Å². The third kappa shape index (κ3) is 2.97. The first kappa shape index (κ1) is 11.0. The van der Waals surface area contributed by atoms with Crippen LogP contribution in [-0.4, -0.2) is 4.98 Å². The molecule has 0 saturated heterocycles. The number of rotatable bonds is 3. The SMILES string of the molecule is Cc1ccc(CNc2ccc(Cl)cc2)nc1. The fourth-order valence-corrected chi connectivity index (χ4v) is 1.49. The van der Waals surface area contributed by atoms with E-state index < -0.39 is 0 Å². The van der Waals surface area contributed by atoms with Gasteiger partial charge in [0, 0.05) is 16.9 Å². The standard InChI is InChI=1S/C13H13ClN2/c1-10-2-5-13(15-8-10)9-16-12-6-3-11(14)4-7-12/h2-8,16H,9H2,1H3. The highest BCUT2D eigenvalue weighted by Crippen LogP contribution is 2.14. The Kier molecular flexibility index (Phi) is 3.42. The molecule has 2 rings (SSSR count). The Morgan fingerprint density at radius 1 is 1.12 bits per heavy atom. The van der Waals surface area contributed by atoms with Gasteiger partial charge in [-0.3, -0.25) is 4.98 Å². The monoisotopic (exact) mass is 232 g/mol. The molecule has 82 valence electrons. The lowest BCUT2D eigenvalue weighted by Crippen LogP contribution is -2.01. The maximum atomic E-state index is 5.81. The van der Waals surface area contributed by atoms with Gasteiger partial charge in [0.15, 0.2) is 0 Å². The Hall–Kier alpha value is -1.54. The average Bonchev–Trinajstić information content (AvgIpc) is 2.30. The smallest absolute Gasteiger partial charge is 0.0594 e. The van der Waals surface area contributed by atoms with E-state index in [9.17, 15) is 0 Å². The molecule has 0 unspecified atom stereocenters. The average molecular weight is 233 g/mol. The number of nitrogens with one attached hydrogen (secondary N) is 1. The third-order valence-corrected chi connectivity index (χ3v) is 2.54. The van der Waals surface area contributed by atoms with E-state index in [4.69, 9.17) is 11.6 Å². The van der Waals surface area contributed by atoms with E-state index in [0.717, 1.165) is 22.9 Å². The fourth-order valence-electron chi connectivity index (χ4n) is 1.36. The molecule has 2 aromatic rings. The minimum atomic E-state index is 0.724. The number of hydrogen-bond donors (Lipinski definition) is 1. The molecule has 3 heteroatoms. The molecule has 1 N–H and O–H groups in total. The molecule has 1 heterocycles. The Balaban J connectivity index is 1.97. The summed E-state index contributed by atoms with van der Waals surface area (Å²) in [6.07, 6.45) is 1.87. The van der Waals surface area contributed by atoms with Gasteiger partial charge in [0.2, 0.25) is 0 Å². The number of aromatic nitrogens is 1. The number of nitrogens with zero attached hydrogens (tertiary/aromatic N) is 1. The molecule has 1 aromatic carbocycles. The molecule has 0 aliphatic carbocycles. The maximum Gasteiger partial charge on any atom is 0.0594 e. The predicted octanol–water partition coefficient (Wildman–Crippen LogP) is 3.66. The molecule has 0 aliphatic rings. The predicted molar refractivity (Wildman–Crippen MR) is 67.8 cm³/mol. The third-order valence-electron chi connectivity index (χ3n) is 2.29. The first-order valence-electron chi connectivity index (χ1n) is 5.15. The number of halogens is 1. The van der Waals surface area contributed by atoms with E-state index in [2.05, 4.69) is 16.4 Å². The van der Waals surface area contributed by atoms with Crippen LogP contribution in [0, 0.1) is 6.92 Å². The minimum Gasteiger partial charge on any atom is -0.379 e. The Morgan fingerprint density at radius 3 is 2.50 bits per heavy atom. The van der Waals surface area contributed by atoms with Crippen LogP contribution < -0.4 is 5.32 Å². The van der Waals surface area contributed by atoms with Crippen LogP contribution in [0.15, 0.2) is 42.6 Å². The molecule has 0 aliphatic heterocycles. The molecule has 0 fully saturated rings. The molecular weight excluding hydrogens is 220 g/mol. The second-order valence-electron chi connectivity index (χ2n) is 3.69. The van der Waals surface area contributed by atoms with Crippen molar-refractivity contribution >= 4 is 17.3 Å². The van der Waals surface area contributed by atoms with Gasteiger partial charge in [0.1, 0.15) is 0 Å². The van der Waals surface area contributed by atoms with Gasteiger partial charge in [-0.1, -0.05) is 17.7 Å². The highest BCUT2D eigenvalue weighted by atomic mass is 35.5. The summed E-state index contributed by atoms with van der Waals surface area (Å²) in [5.74, 6) is 0. The van der Waals surface area contributed by atoms with Crippen molar-refractivity contribution in [2.75, 3.05) is 5.32 Å². The van der Waals surface area contributed by atoms with Crippen molar-refractivity contribution in [2.45, 2.75) is 13.5 Å². The molecule has 0 atom stereocenters. The molecule has 1 aromatic heterocycles. The number of aryl methyl sites for hydroxylation is 1. The molecule has 0 radical (unpaired) electrons. The van der Waals surface area contributed by atoms with Crippen molar-refractivity contribution in [3.63, 3.8) is 0 Å². The topological polar surface area (TPSA) is 24.9 Å². The van der Waals surface area contributed by atoms with Crippen molar-refractivity contribution in [3.05, 3.63) is 58.9 Å². The quantitative estimate of drug-likeness (QED) is 0.874. The van der Waals surface area contributed by atoms with E-state index in [-0.39, 0.29) is 0 Å². The van der Waals surface area contributed by atoms with Crippen LogP contribution in [-0.2, 0) is 6.54 Å². The van der Waals surface area contributed by atoms with E-state index in [0.29, 0.717) is 0 Å². The summed E-state index contributed by atoms with van der Waals surface area (Å²) in [5, 5.41) is 4.04. The second-order valence-corrected chi connectivity index (χ2v) is 4.12. The normalized spacial score (nSPS) is 10.1. The number of hydrogen-bond acceptors (Lipinski definition) is 2. The van der Waals surface area contributed by atoms with Crippen molar-refractivity contribution in [1.29, 1.82) is 0 Å². The summed E-state index contributed by atoms with van der Waals surface area (Å²) >= 11 is 5.81. The lowest BCUT2D eigenvalue weighted by Gasteiger charge is -2.05. The van der Waals surface area contributed by atoms with Crippen LogP contribution in [0.2, 0.25) is 5.02 Å². The molecule has 0 saturated carbocycles. The number of anilines is 1. The Labute approximate surface area is 100 Å². The first-order chi connectivity index (χ1) is 7.74. The van der Waals surface area contributed by atoms with E-state index in [1.54, 1.807) is 0 Å². The zero-order chi connectivity index (χ0) is 11.4. The van der Waals surface area contributed by atoms with Gasteiger partial charge in [-0.05, 0) is 42.8 Å². The summed E-state index contributed by atoms with van der Waals surface area (Å²) in [4.78, 5) is 4.32. The van der Waals surface area contributed by atoms with Crippen LogP contribution in [0.25, 0.3) is 0 Å². The van der Waals surface area contributed by atoms with Gasteiger partial charge >= 0.3 is 0 Å². The van der Waals surface area contributed by atoms with Crippen LogP contribution in [0.3, 0.4) is 0 Å². The van der Waals surface area contributed by atoms with Crippen LogP contribution >= 0.6 is 11.6 Å². The van der Waals surface area contributed by atoms with Crippen LogP contribution in [0.5, 0.6) is 0 Å². The molecule has 0 bridgehead atoms. The molecule has 0 spiro atoms. The summed E-state index contributed by atoms with van der Waals surface area (Å²) in [6.45, 7) is 2.76. The fraction of sp³-hybridized carbons (Fsp3) is 0.154. The summed E-state index contributed by atoms with van der Waals surface area (Å²) in [5.41, 5.74) is 3.25. The summed E-state index contributed by atoms with van der Waals surface area (Å²) in [6, 6.07) is 11.7. The van der Waals surface area contributed by atoms with Crippen molar-refractivity contribution in [1.82, 2.24) is 4.98 Å². The van der Waals surface area contributed by atoms with E-state index in [1.165, 1.54) is 5.56 Å². The van der Waals surface area contributed by atoms with Gasteiger partial charge in [-0.15, -0.1) is 0 Å². The number of pyridine rings is 1. The Bertz CT molecular complexity index is 403. The molecular formula is C13H13ClN2. The van der Waals surface area contributed by atoms with E-state index >= 15 is 0 Å². The van der Waals surface area contributed by atoms with Crippen LogP contribution in [0.1, 0.15) is 11.3 Å². The lowest BCUT2D eigenvalue weighted by molar-refractivity contribution is 1.04. The van der Waals surface area contributed by atoms with Gasteiger partial charge in [0.05, 0.1) is 12.2 Å². The zero-order valence-corrected chi connectivity index (χ0v) is 9.83. The summed E-state index contributed by atoms with van der Waals surface area (Å²) < 4.78 is 0. The summed E-state index contributed by atoms with van der Waals surface area (Å²) in [7, 11) is 0. The van der Waals surface area contributed by atoms with Crippen molar-refractivity contribution in [3.8, 4) is 0 Å². The highest BCUT2D eigenvalue weighted by Gasteiger charge is 1.95. The Morgan fingerprint density at radius 2 is 1.88 bits per heavy atom.